The molecular formula is C23H21N5O. The number of fused-ring (bicyclic) bond motifs is 1. The van der Waals surface area contributed by atoms with Crippen LogP contribution in [0.15, 0.2) is 89.9 Å². The predicted octanol–water partition coefficient (Wildman–Crippen LogP) is 3.22. The number of benzene rings is 3. The summed E-state index contributed by atoms with van der Waals surface area (Å²) < 4.78 is 0. The van der Waals surface area contributed by atoms with Crippen LogP contribution in [0.2, 0.25) is 0 Å². The first kappa shape index (κ1) is 17.6. The summed E-state index contributed by atoms with van der Waals surface area (Å²) in [5, 5.41) is 15.0. The number of para-hydroxylation sites is 2. The summed E-state index contributed by atoms with van der Waals surface area (Å²) in [5.74, 6) is 0.678. The van der Waals surface area contributed by atoms with Gasteiger partial charge in [-0.15, -0.1) is 0 Å². The maximum absolute atomic E-state index is 11.7. The molecule has 6 heteroatoms. The van der Waals surface area contributed by atoms with Gasteiger partial charge in [-0.1, -0.05) is 72.8 Å². The Bertz CT molecular complexity index is 1140. The summed E-state index contributed by atoms with van der Waals surface area (Å²) >= 11 is 0. The van der Waals surface area contributed by atoms with Crippen molar-refractivity contribution in [1.29, 1.82) is 0 Å². The fourth-order valence-electron chi connectivity index (χ4n) is 3.69. The quantitative estimate of drug-likeness (QED) is 0.506. The second-order valence-electron chi connectivity index (χ2n) is 7.13. The first-order valence-electron chi connectivity index (χ1n) is 9.52. The van der Waals surface area contributed by atoms with E-state index in [1.807, 2.05) is 96.9 Å². The molecule has 6 nitrogen and oxygen atoms in total. The summed E-state index contributed by atoms with van der Waals surface area (Å²) in [7, 11) is 1.90. The molecule has 0 spiro atoms. The van der Waals surface area contributed by atoms with Crippen molar-refractivity contribution < 1.29 is 5.11 Å². The topological polar surface area (TPSA) is 76.5 Å². The van der Waals surface area contributed by atoms with E-state index in [9.17, 15) is 5.11 Å². The van der Waals surface area contributed by atoms with E-state index < -0.39 is 12.0 Å². The molecule has 0 amide bonds. The predicted molar refractivity (Wildman–Crippen MR) is 115 cm³/mol. The number of aliphatic hydroxyl groups is 1. The Morgan fingerprint density at radius 2 is 1.55 bits per heavy atom. The lowest BCUT2D eigenvalue weighted by Crippen LogP contribution is -2.51. The Morgan fingerprint density at radius 1 is 0.897 bits per heavy atom. The number of aromatic amines is 1. The highest BCUT2D eigenvalue weighted by Crippen LogP contribution is 2.31. The molecule has 3 aromatic carbocycles. The van der Waals surface area contributed by atoms with E-state index >= 15 is 0 Å². The van der Waals surface area contributed by atoms with Crippen molar-refractivity contribution in [1.82, 2.24) is 15.3 Å². The smallest absolute Gasteiger partial charge is 0.206 e. The zero-order valence-corrected chi connectivity index (χ0v) is 15.9. The summed E-state index contributed by atoms with van der Waals surface area (Å²) in [4.78, 5) is 14.7. The van der Waals surface area contributed by atoms with E-state index in [0.717, 1.165) is 22.2 Å². The molecule has 1 aliphatic heterocycles. The first-order chi connectivity index (χ1) is 14.1. The van der Waals surface area contributed by atoms with Gasteiger partial charge in [-0.25, -0.2) is 15.3 Å². The van der Waals surface area contributed by atoms with Crippen molar-refractivity contribution in [3.8, 4) is 0 Å². The number of H-pyrrole nitrogens is 1. The van der Waals surface area contributed by atoms with Crippen LogP contribution in [-0.4, -0.2) is 34.1 Å². The van der Waals surface area contributed by atoms with Crippen molar-refractivity contribution in [2.45, 2.75) is 12.0 Å². The Labute approximate surface area is 168 Å². The molecule has 2 atom stereocenters. The summed E-state index contributed by atoms with van der Waals surface area (Å²) in [6, 6.07) is 27.2. The standard InChI is InChI=1S/C23H21N5O/c1-28(21-24-18-14-8-9-15-19(18)25-21)22-26-20(16-10-4-2-5-11-16)23(29,27-22)17-12-6-3-7-13-17/h2-15,22,27,29H,1H3,(H,24,25). The van der Waals surface area contributed by atoms with Crippen LogP contribution in [-0.2, 0) is 5.72 Å². The van der Waals surface area contributed by atoms with Crippen LogP contribution in [0.1, 0.15) is 11.1 Å². The Kier molecular flexibility index (Phi) is 4.16. The van der Waals surface area contributed by atoms with Gasteiger partial charge in [0.05, 0.1) is 16.7 Å². The van der Waals surface area contributed by atoms with Gasteiger partial charge in [0.1, 0.15) is 0 Å². The van der Waals surface area contributed by atoms with Gasteiger partial charge >= 0.3 is 0 Å². The monoisotopic (exact) mass is 383 g/mol. The normalized spacial score (nSPS) is 21.3. The maximum atomic E-state index is 11.7. The minimum absolute atomic E-state index is 0.490. The fraction of sp³-hybridized carbons (Fsp3) is 0.130. The van der Waals surface area contributed by atoms with Crippen LogP contribution in [0.25, 0.3) is 11.0 Å². The van der Waals surface area contributed by atoms with Crippen LogP contribution in [0.4, 0.5) is 5.95 Å². The number of imidazole rings is 1. The van der Waals surface area contributed by atoms with E-state index in [1.165, 1.54) is 0 Å². The molecule has 1 aromatic heterocycles. The number of rotatable bonds is 4. The molecule has 0 bridgehead atoms. The van der Waals surface area contributed by atoms with E-state index in [-0.39, 0.29) is 0 Å². The number of aromatic nitrogens is 2. The molecule has 0 aliphatic carbocycles. The van der Waals surface area contributed by atoms with Crippen LogP contribution in [0, 0.1) is 0 Å². The van der Waals surface area contributed by atoms with Gasteiger partial charge in [0.15, 0.2) is 12.0 Å². The molecular weight excluding hydrogens is 362 g/mol. The molecule has 0 radical (unpaired) electrons. The molecule has 4 aromatic rings. The van der Waals surface area contributed by atoms with Gasteiger partial charge in [-0.2, -0.15) is 0 Å². The van der Waals surface area contributed by atoms with Gasteiger partial charge in [0.25, 0.3) is 0 Å². The maximum Gasteiger partial charge on any atom is 0.206 e. The van der Waals surface area contributed by atoms with E-state index in [0.29, 0.717) is 11.7 Å². The van der Waals surface area contributed by atoms with Crippen molar-refractivity contribution in [2.75, 3.05) is 11.9 Å². The minimum Gasteiger partial charge on any atom is -0.366 e. The molecule has 5 rings (SSSR count). The lowest BCUT2D eigenvalue weighted by atomic mass is 9.93. The van der Waals surface area contributed by atoms with Crippen molar-refractivity contribution >= 4 is 22.7 Å². The largest absolute Gasteiger partial charge is 0.366 e. The van der Waals surface area contributed by atoms with Crippen LogP contribution < -0.4 is 10.2 Å². The van der Waals surface area contributed by atoms with Crippen LogP contribution in [0.3, 0.4) is 0 Å². The van der Waals surface area contributed by atoms with Gasteiger partial charge in [0, 0.05) is 18.2 Å². The summed E-state index contributed by atoms with van der Waals surface area (Å²) in [6.45, 7) is 0. The average molecular weight is 383 g/mol. The van der Waals surface area contributed by atoms with Gasteiger partial charge < -0.3 is 15.0 Å². The summed E-state index contributed by atoms with van der Waals surface area (Å²) in [5.41, 5.74) is 2.62. The molecule has 0 saturated heterocycles. The van der Waals surface area contributed by atoms with Gasteiger partial charge in [-0.05, 0) is 12.1 Å². The highest BCUT2D eigenvalue weighted by atomic mass is 16.3. The molecule has 1 aliphatic rings. The second kappa shape index (κ2) is 6.84. The third-order valence-corrected chi connectivity index (χ3v) is 5.25. The van der Waals surface area contributed by atoms with E-state index in [2.05, 4.69) is 15.3 Å². The molecule has 0 fully saturated rings. The molecule has 3 N–H and O–H groups in total. The zero-order chi connectivity index (χ0) is 19.8. The molecule has 0 saturated carbocycles. The third kappa shape index (κ3) is 2.99. The number of aliphatic imine (C=N–C) groups is 1. The van der Waals surface area contributed by atoms with Crippen molar-refractivity contribution in [2.24, 2.45) is 4.99 Å². The number of anilines is 1. The highest BCUT2D eigenvalue weighted by molar-refractivity contribution is 6.08. The molecule has 29 heavy (non-hydrogen) atoms. The number of hydrogen-bond donors (Lipinski definition) is 3. The SMILES string of the molecule is CN(c1nc2ccccc2[nH]1)C1N=C(c2ccccc2)C(O)(c2ccccc2)N1. The lowest BCUT2D eigenvalue weighted by Gasteiger charge is -2.29. The zero-order valence-electron chi connectivity index (χ0n) is 15.9. The first-order valence-corrected chi connectivity index (χ1v) is 9.52. The van der Waals surface area contributed by atoms with Gasteiger partial charge in [-0.3, -0.25) is 0 Å². The fourth-order valence-corrected chi connectivity index (χ4v) is 3.69. The highest BCUT2D eigenvalue weighted by Gasteiger charge is 2.44. The second-order valence-corrected chi connectivity index (χ2v) is 7.13. The summed E-state index contributed by atoms with van der Waals surface area (Å²) in [6.07, 6.45) is -0.490. The van der Waals surface area contributed by atoms with Crippen LogP contribution in [0.5, 0.6) is 0 Å². The minimum atomic E-state index is -1.41. The number of hydrogen-bond acceptors (Lipinski definition) is 5. The lowest BCUT2D eigenvalue weighted by molar-refractivity contribution is 0.0743. The van der Waals surface area contributed by atoms with E-state index in [1.54, 1.807) is 0 Å². The number of nitrogens with zero attached hydrogens (tertiary/aromatic N) is 3. The van der Waals surface area contributed by atoms with E-state index in [4.69, 9.17) is 4.99 Å². The van der Waals surface area contributed by atoms with Crippen molar-refractivity contribution in [3.63, 3.8) is 0 Å². The Morgan fingerprint density at radius 3 is 2.28 bits per heavy atom. The molecule has 2 unspecified atom stereocenters. The Hall–Kier alpha value is -3.48. The average Bonchev–Trinajstić information content (AvgIpc) is 3.36. The molecule has 2 heterocycles. The third-order valence-electron chi connectivity index (χ3n) is 5.25. The van der Waals surface area contributed by atoms with Crippen molar-refractivity contribution in [3.05, 3.63) is 96.1 Å². The van der Waals surface area contributed by atoms with Crippen LogP contribution >= 0.6 is 0 Å². The number of nitrogens with one attached hydrogen (secondary N) is 2. The molecule has 144 valence electrons. The van der Waals surface area contributed by atoms with Gasteiger partial charge in [0.2, 0.25) is 5.95 Å². The Balaban J connectivity index is 1.57.